The van der Waals surface area contributed by atoms with E-state index >= 15 is 0 Å². The number of aryl methyl sites for hydroxylation is 3. The number of aliphatic hydroxyl groups excluding tert-OH is 1. The van der Waals surface area contributed by atoms with Gasteiger partial charge in [0, 0.05) is 74.7 Å². The van der Waals surface area contributed by atoms with Crippen LogP contribution < -0.4 is 0 Å². The van der Waals surface area contributed by atoms with E-state index in [1.165, 1.54) is 57.5 Å². The Morgan fingerprint density at radius 1 is 0.820 bits per heavy atom. The summed E-state index contributed by atoms with van der Waals surface area (Å²) in [5.41, 5.74) is 7.00. The summed E-state index contributed by atoms with van der Waals surface area (Å²) >= 11 is 3.78. The first kappa shape index (κ1) is 39.8. The minimum Gasteiger partial charge on any atom is -0.512 e. The number of ketones is 1. The summed E-state index contributed by atoms with van der Waals surface area (Å²) in [6.07, 6.45) is 5.99. The number of thiophene rings is 2. The third kappa shape index (κ3) is 8.56. The standard InChI is InChI=1S/C30H27N2S2.C13H24O2.Ir/c1-16-11-17(2)13-20(12-16)26-29-25(18(3)31-32-26)23-10-9-22-21-8-7-19(15-30(4,5)6)14-24(21)33-27(22)28(23)34-29;1-5-10(6-2)12(14)9-13(15)11(7-3)8-4;/h7-12,14H,15H2,1-6H3;9-11,14H,5-8H2,1-4H3;/q-1;;/b;12-9-;. The number of hydrogen-bond acceptors (Lipinski definition) is 6. The molecule has 3 aromatic heterocycles. The van der Waals surface area contributed by atoms with Crippen LogP contribution in [0.3, 0.4) is 0 Å². The maximum absolute atomic E-state index is 11.7. The zero-order valence-electron chi connectivity index (χ0n) is 31.2. The summed E-state index contributed by atoms with van der Waals surface area (Å²) in [7, 11) is 0. The molecule has 0 amide bonds. The van der Waals surface area contributed by atoms with Crippen molar-refractivity contribution in [2.24, 2.45) is 17.3 Å². The Labute approximate surface area is 319 Å². The van der Waals surface area contributed by atoms with Gasteiger partial charge in [-0.15, -0.1) is 57.6 Å². The Morgan fingerprint density at radius 2 is 1.44 bits per heavy atom. The average molecular weight is 884 g/mol. The van der Waals surface area contributed by atoms with Crippen LogP contribution in [0.4, 0.5) is 0 Å². The third-order valence-corrected chi connectivity index (χ3v) is 12.0. The van der Waals surface area contributed by atoms with E-state index in [0.29, 0.717) is 0 Å². The van der Waals surface area contributed by atoms with Crippen LogP contribution in [0, 0.1) is 44.1 Å². The summed E-state index contributed by atoms with van der Waals surface area (Å²) in [4.78, 5) is 11.7. The maximum atomic E-state index is 11.7. The van der Waals surface area contributed by atoms with Crippen molar-refractivity contribution in [1.82, 2.24) is 10.2 Å². The Balaban J connectivity index is 0.000000301. The van der Waals surface area contributed by atoms with Crippen molar-refractivity contribution >= 4 is 68.8 Å². The molecular formula is C43H51IrN2O2S2-. The molecule has 0 spiro atoms. The number of carbonyl (C=O) groups is 1. The maximum Gasteiger partial charge on any atom is 0.162 e. The van der Waals surface area contributed by atoms with Crippen LogP contribution in [0.15, 0.2) is 54.3 Å². The molecule has 1 radical (unpaired) electrons. The molecule has 7 heteroatoms. The molecule has 0 unspecified atom stereocenters. The van der Waals surface area contributed by atoms with E-state index in [-0.39, 0.29) is 48.9 Å². The van der Waals surface area contributed by atoms with Gasteiger partial charge in [0.1, 0.15) is 0 Å². The van der Waals surface area contributed by atoms with Crippen molar-refractivity contribution in [3.8, 4) is 11.3 Å². The first-order chi connectivity index (χ1) is 23.3. The second kappa shape index (κ2) is 16.6. The minimum atomic E-state index is 0. The number of nitrogens with zero attached hydrogens (tertiary/aromatic N) is 2. The molecule has 0 saturated heterocycles. The number of aromatic nitrogens is 2. The Hall–Kier alpha value is -2.96. The number of aliphatic hydroxyl groups is 1. The molecule has 0 bridgehead atoms. The molecular weight excluding hydrogens is 833 g/mol. The summed E-state index contributed by atoms with van der Waals surface area (Å²) in [6.45, 7) is 21.3. The number of hydrogen-bond donors (Lipinski definition) is 1. The van der Waals surface area contributed by atoms with Gasteiger partial charge < -0.3 is 5.11 Å². The first-order valence-corrected chi connectivity index (χ1v) is 19.4. The van der Waals surface area contributed by atoms with Gasteiger partial charge in [-0.1, -0.05) is 86.6 Å². The van der Waals surface area contributed by atoms with Crippen molar-refractivity contribution in [3.63, 3.8) is 0 Å². The number of allylic oxidation sites excluding steroid dienone is 2. The first-order valence-electron chi connectivity index (χ1n) is 17.8. The molecule has 1 N–H and O–H groups in total. The Kier molecular flexibility index (Phi) is 13.2. The zero-order valence-corrected chi connectivity index (χ0v) is 35.2. The van der Waals surface area contributed by atoms with Crippen LogP contribution in [0.2, 0.25) is 0 Å². The molecule has 0 atom stereocenters. The van der Waals surface area contributed by atoms with Crippen LogP contribution in [0.5, 0.6) is 0 Å². The van der Waals surface area contributed by atoms with Crippen LogP contribution in [-0.2, 0) is 31.3 Å². The van der Waals surface area contributed by atoms with Gasteiger partial charge in [0.2, 0.25) is 0 Å². The molecule has 0 saturated carbocycles. The van der Waals surface area contributed by atoms with Crippen molar-refractivity contribution in [3.05, 3.63) is 82.8 Å². The van der Waals surface area contributed by atoms with E-state index in [1.807, 2.05) is 50.4 Å². The molecule has 0 aliphatic rings. The third-order valence-electron chi connectivity index (χ3n) is 9.46. The van der Waals surface area contributed by atoms with Gasteiger partial charge >= 0.3 is 0 Å². The van der Waals surface area contributed by atoms with Crippen LogP contribution >= 0.6 is 22.7 Å². The summed E-state index contributed by atoms with van der Waals surface area (Å²) < 4.78 is 5.30. The van der Waals surface area contributed by atoms with Gasteiger partial charge in [-0.3, -0.25) is 4.79 Å². The fourth-order valence-electron chi connectivity index (χ4n) is 6.88. The zero-order chi connectivity index (χ0) is 35.6. The van der Waals surface area contributed by atoms with Crippen molar-refractivity contribution in [2.75, 3.05) is 0 Å². The monoisotopic (exact) mass is 884 g/mol. The molecule has 3 aromatic carbocycles. The van der Waals surface area contributed by atoms with E-state index in [9.17, 15) is 9.90 Å². The van der Waals surface area contributed by atoms with Crippen LogP contribution in [0.1, 0.15) is 96.5 Å². The second-order valence-electron chi connectivity index (χ2n) is 14.7. The second-order valence-corrected chi connectivity index (χ2v) is 16.8. The van der Waals surface area contributed by atoms with E-state index in [4.69, 9.17) is 0 Å². The van der Waals surface area contributed by atoms with Gasteiger partial charge in [-0.2, -0.15) is 10.2 Å². The van der Waals surface area contributed by atoms with Gasteiger partial charge in [0.15, 0.2) is 5.78 Å². The Bertz CT molecular complexity index is 2140. The predicted octanol–water partition coefficient (Wildman–Crippen LogP) is 13.1. The molecule has 0 fully saturated rings. The fourth-order valence-corrected chi connectivity index (χ4v) is 9.63. The Morgan fingerprint density at radius 3 is 2.06 bits per heavy atom. The summed E-state index contributed by atoms with van der Waals surface area (Å²) in [6, 6.07) is 19.4. The van der Waals surface area contributed by atoms with Gasteiger partial charge in [0.25, 0.3) is 0 Å². The fraction of sp³-hybridized carbons (Fsp3) is 0.419. The van der Waals surface area contributed by atoms with Gasteiger partial charge in [-0.25, -0.2) is 0 Å². The molecule has 0 aliphatic carbocycles. The van der Waals surface area contributed by atoms with Gasteiger partial charge in [0.05, 0.1) is 20.9 Å². The number of benzene rings is 3. The molecule has 6 aromatic rings. The molecule has 50 heavy (non-hydrogen) atoms. The smallest absolute Gasteiger partial charge is 0.162 e. The number of fused-ring (bicyclic) bond motifs is 7. The largest absolute Gasteiger partial charge is 0.512 e. The molecule has 0 aliphatic heterocycles. The van der Waals surface area contributed by atoms with Crippen LogP contribution in [-0.4, -0.2) is 21.1 Å². The van der Waals surface area contributed by atoms with E-state index < -0.39 is 0 Å². The molecule has 3 heterocycles. The van der Waals surface area contributed by atoms with Crippen molar-refractivity contribution < 1.29 is 30.0 Å². The van der Waals surface area contributed by atoms with E-state index in [2.05, 4.69) is 100 Å². The number of carbonyl (C=O) groups excluding carboxylic acids is 1. The van der Waals surface area contributed by atoms with Gasteiger partial charge in [-0.05, 0) is 56.1 Å². The normalized spacial score (nSPS) is 12.3. The molecule has 4 nitrogen and oxygen atoms in total. The van der Waals surface area contributed by atoms with E-state index in [0.717, 1.165) is 54.6 Å². The number of rotatable bonds is 9. The quantitative estimate of drug-likeness (QED) is 0.0893. The van der Waals surface area contributed by atoms with Crippen LogP contribution in [0.25, 0.3) is 51.6 Å². The van der Waals surface area contributed by atoms with Crippen molar-refractivity contribution in [1.29, 1.82) is 0 Å². The average Bonchev–Trinajstić information content (AvgIpc) is 3.60. The summed E-state index contributed by atoms with van der Waals surface area (Å²) in [5, 5.41) is 24.2. The summed E-state index contributed by atoms with van der Waals surface area (Å²) in [5.74, 6) is 0.547. The SMILES string of the molecule is CCC(CC)C(=O)/C=C(\O)C(CC)CC.Cc1[c-]c(-c2nnc(C)c3c2sc2c3ccc3c4ccc(CC(C)(C)C)cc4sc32)cc(C)c1.[Ir]. The molecule has 6 rings (SSSR count). The molecule has 267 valence electrons. The topological polar surface area (TPSA) is 63.1 Å². The van der Waals surface area contributed by atoms with Crippen molar-refractivity contribution in [2.45, 2.75) is 101 Å². The minimum absolute atomic E-state index is 0. The van der Waals surface area contributed by atoms with E-state index in [1.54, 1.807) is 0 Å². The predicted molar refractivity (Wildman–Crippen MR) is 213 cm³/mol.